The molecule has 2 rings (SSSR count). The first-order chi connectivity index (χ1) is 10.8. The number of rotatable bonds is 4. The summed E-state index contributed by atoms with van der Waals surface area (Å²) in [6, 6.07) is 12.9. The summed E-state index contributed by atoms with van der Waals surface area (Å²) < 4.78 is 39.4. The lowest BCUT2D eigenvalue weighted by Gasteiger charge is -2.25. The van der Waals surface area contributed by atoms with Crippen molar-refractivity contribution in [1.82, 2.24) is 0 Å². The lowest BCUT2D eigenvalue weighted by atomic mass is 10.1. The van der Waals surface area contributed by atoms with Crippen LogP contribution < -0.4 is 5.06 Å². The van der Waals surface area contributed by atoms with E-state index in [2.05, 4.69) is 0 Å². The summed E-state index contributed by atoms with van der Waals surface area (Å²) in [5.74, 6) is -0.863. The monoisotopic (exact) mass is 323 g/mol. The molecule has 0 unspecified atom stereocenters. The topological polar surface area (TPSA) is 29.5 Å². The van der Waals surface area contributed by atoms with Crippen LogP contribution in [0.15, 0.2) is 54.6 Å². The Morgan fingerprint density at radius 1 is 1.00 bits per heavy atom. The molecule has 0 heterocycles. The van der Waals surface area contributed by atoms with E-state index in [1.54, 1.807) is 44.2 Å². The van der Waals surface area contributed by atoms with E-state index in [-0.39, 0.29) is 6.10 Å². The van der Waals surface area contributed by atoms with E-state index < -0.39 is 23.2 Å². The van der Waals surface area contributed by atoms with Crippen molar-refractivity contribution in [2.45, 2.75) is 26.1 Å². The highest BCUT2D eigenvalue weighted by atomic mass is 19.4. The third-order valence-electron chi connectivity index (χ3n) is 2.95. The van der Waals surface area contributed by atoms with Crippen LogP contribution in [0.2, 0.25) is 0 Å². The summed E-state index contributed by atoms with van der Waals surface area (Å²) in [7, 11) is 0. The third kappa shape index (κ3) is 4.10. The molecular formula is C17H16F3NO2. The molecule has 0 radical (unpaired) electrons. The van der Waals surface area contributed by atoms with Gasteiger partial charge in [0.1, 0.15) is 0 Å². The molecule has 2 aromatic rings. The minimum Gasteiger partial charge on any atom is -0.266 e. The fourth-order valence-corrected chi connectivity index (χ4v) is 2.03. The largest absolute Gasteiger partial charge is 0.417 e. The van der Waals surface area contributed by atoms with Gasteiger partial charge in [0.2, 0.25) is 0 Å². The number of hydrogen-bond acceptors (Lipinski definition) is 2. The van der Waals surface area contributed by atoms with E-state index in [9.17, 15) is 18.0 Å². The number of carbonyl (C=O) groups excluding carboxylic acids is 1. The molecule has 0 saturated carbocycles. The number of amides is 1. The van der Waals surface area contributed by atoms with Gasteiger partial charge in [-0.15, -0.1) is 0 Å². The van der Waals surface area contributed by atoms with Crippen LogP contribution >= 0.6 is 0 Å². The summed E-state index contributed by atoms with van der Waals surface area (Å²) in [6.07, 6.45) is -5.00. The number of alkyl halides is 3. The summed E-state index contributed by atoms with van der Waals surface area (Å²) >= 11 is 0. The second-order valence-electron chi connectivity index (χ2n) is 5.13. The first-order valence-corrected chi connectivity index (χ1v) is 7.03. The number of anilines is 1. The van der Waals surface area contributed by atoms with Gasteiger partial charge in [0, 0.05) is 0 Å². The molecule has 2 aromatic carbocycles. The van der Waals surface area contributed by atoms with Gasteiger partial charge in [0.25, 0.3) is 5.91 Å². The molecule has 3 nitrogen and oxygen atoms in total. The molecule has 0 aliphatic heterocycles. The summed E-state index contributed by atoms with van der Waals surface area (Å²) in [6.45, 7) is 3.39. The maximum Gasteiger partial charge on any atom is 0.417 e. The van der Waals surface area contributed by atoms with Crippen LogP contribution in [0.5, 0.6) is 0 Å². The predicted octanol–water partition coefficient (Wildman–Crippen LogP) is 4.69. The number of halogens is 3. The maximum absolute atomic E-state index is 13.1. The molecule has 122 valence electrons. The highest BCUT2D eigenvalue weighted by molar-refractivity contribution is 6.05. The summed E-state index contributed by atoms with van der Waals surface area (Å²) in [5.41, 5.74) is -1.08. The highest BCUT2D eigenvalue weighted by Crippen LogP contribution is 2.33. The molecule has 0 spiro atoms. The van der Waals surface area contributed by atoms with Crippen molar-refractivity contribution >= 4 is 11.6 Å². The Balaban J connectivity index is 2.47. The summed E-state index contributed by atoms with van der Waals surface area (Å²) in [5, 5.41) is 0.898. The molecule has 23 heavy (non-hydrogen) atoms. The second-order valence-corrected chi connectivity index (χ2v) is 5.13. The van der Waals surface area contributed by atoms with Gasteiger partial charge in [0.05, 0.1) is 22.9 Å². The molecule has 0 saturated heterocycles. The Bertz CT molecular complexity index is 669. The fraction of sp³-hybridized carbons (Fsp3) is 0.235. The Hall–Kier alpha value is -2.34. The van der Waals surface area contributed by atoms with Crippen molar-refractivity contribution in [2.24, 2.45) is 0 Å². The van der Waals surface area contributed by atoms with Crippen LogP contribution in [0.25, 0.3) is 0 Å². The number of hydrogen-bond donors (Lipinski definition) is 0. The molecule has 0 atom stereocenters. The number of carbonyl (C=O) groups is 1. The molecule has 6 heteroatoms. The molecule has 0 aliphatic rings. The van der Waals surface area contributed by atoms with Crippen LogP contribution in [0.1, 0.15) is 29.8 Å². The number of para-hydroxylation sites is 1. The van der Waals surface area contributed by atoms with Gasteiger partial charge in [-0.2, -0.15) is 18.2 Å². The van der Waals surface area contributed by atoms with Gasteiger partial charge in [-0.3, -0.25) is 9.63 Å². The zero-order valence-electron chi connectivity index (χ0n) is 12.7. The molecular weight excluding hydrogens is 307 g/mol. The Morgan fingerprint density at radius 3 is 2.13 bits per heavy atom. The smallest absolute Gasteiger partial charge is 0.266 e. The molecule has 0 N–H and O–H groups in total. The normalized spacial score (nSPS) is 11.6. The van der Waals surface area contributed by atoms with Crippen molar-refractivity contribution in [2.75, 3.05) is 5.06 Å². The number of benzene rings is 2. The van der Waals surface area contributed by atoms with Crippen LogP contribution in [0.3, 0.4) is 0 Å². The zero-order valence-corrected chi connectivity index (χ0v) is 12.7. The van der Waals surface area contributed by atoms with Gasteiger partial charge in [0.15, 0.2) is 0 Å². The van der Waals surface area contributed by atoms with Gasteiger partial charge in [-0.05, 0) is 38.1 Å². The van der Waals surface area contributed by atoms with Crippen molar-refractivity contribution < 1.29 is 22.8 Å². The predicted molar refractivity (Wildman–Crippen MR) is 80.9 cm³/mol. The minimum absolute atomic E-state index is 0.364. The van der Waals surface area contributed by atoms with E-state index in [1.165, 1.54) is 12.1 Å². The van der Waals surface area contributed by atoms with Gasteiger partial charge < -0.3 is 0 Å². The zero-order chi connectivity index (χ0) is 17.0. The first-order valence-electron chi connectivity index (χ1n) is 7.03. The Morgan fingerprint density at radius 2 is 1.57 bits per heavy atom. The van der Waals surface area contributed by atoms with E-state index in [4.69, 9.17) is 4.84 Å². The quantitative estimate of drug-likeness (QED) is 0.764. The lowest BCUT2D eigenvalue weighted by molar-refractivity contribution is -0.138. The average molecular weight is 323 g/mol. The number of nitrogens with zero attached hydrogens (tertiary/aromatic N) is 1. The van der Waals surface area contributed by atoms with Crippen LogP contribution in [0, 0.1) is 0 Å². The Kier molecular flexibility index (Phi) is 5.05. The lowest BCUT2D eigenvalue weighted by Crippen LogP contribution is -2.35. The van der Waals surface area contributed by atoms with Gasteiger partial charge in [-0.1, -0.05) is 30.3 Å². The van der Waals surface area contributed by atoms with Crippen LogP contribution in [0.4, 0.5) is 18.9 Å². The summed E-state index contributed by atoms with van der Waals surface area (Å²) in [4.78, 5) is 18.1. The standard InChI is InChI=1S/C17H16F3NO2/c1-12(2)23-21(13-8-4-3-5-9-13)16(22)14-10-6-7-11-15(14)17(18,19)20/h3-12H,1-2H3. The maximum atomic E-state index is 13.1. The molecule has 0 fully saturated rings. The molecule has 0 bridgehead atoms. The van der Waals surface area contributed by atoms with E-state index >= 15 is 0 Å². The molecule has 0 aromatic heterocycles. The van der Waals surface area contributed by atoms with Crippen LogP contribution in [-0.2, 0) is 11.0 Å². The molecule has 1 amide bonds. The fourth-order valence-electron chi connectivity index (χ4n) is 2.03. The van der Waals surface area contributed by atoms with Crippen molar-refractivity contribution in [3.63, 3.8) is 0 Å². The molecule has 0 aliphatic carbocycles. The highest BCUT2D eigenvalue weighted by Gasteiger charge is 2.36. The van der Waals surface area contributed by atoms with Gasteiger partial charge >= 0.3 is 6.18 Å². The first kappa shape index (κ1) is 17.0. The van der Waals surface area contributed by atoms with Crippen LogP contribution in [-0.4, -0.2) is 12.0 Å². The SMILES string of the molecule is CC(C)ON(C(=O)c1ccccc1C(F)(F)F)c1ccccc1. The average Bonchev–Trinajstić information content (AvgIpc) is 2.52. The van der Waals surface area contributed by atoms with E-state index in [1.807, 2.05) is 0 Å². The van der Waals surface area contributed by atoms with Crippen molar-refractivity contribution in [1.29, 1.82) is 0 Å². The number of hydroxylamine groups is 1. The van der Waals surface area contributed by atoms with E-state index in [0.29, 0.717) is 5.69 Å². The van der Waals surface area contributed by atoms with Crippen molar-refractivity contribution in [3.8, 4) is 0 Å². The Labute approximate surface area is 132 Å². The van der Waals surface area contributed by atoms with Crippen molar-refractivity contribution in [3.05, 3.63) is 65.7 Å². The van der Waals surface area contributed by atoms with E-state index in [0.717, 1.165) is 17.2 Å². The second kappa shape index (κ2) is 6.83. The van der Waals surface area contributed by atoms with Gasteiger partial charge in [-0.25, -0.2) is 0 Å². The third-order valence-corrected chi connectivity index (χ3v) is 2.95. The minimum atomic E-state index is -4.62.